The Kier molecular flexibility index (Phi) is 4.01. The molecule has 1 atom stereocenters. The number of ether oxygens (including phenoxy) is 1. The summed E-state index contributed by atoms with van der Waals surface area (Å²) < 4.78 is 5.45. The van der Waals surface area contributed by atoms with Crippen molar-refractivity contribution >= 4 is 23.2 Å². The maximum Gasteiger partial charge on any atom is 0.262 e. The maximum atomic E-state index is 11.6. The summed E-state index contributed by atoms with van der Waals surface area (Å²) in [6.45, 7) is 1.67. The lowest BCUT2D eigenvalue weighted by molar-refractivity contribution is -0.135. The smallest absolute Gasteiger partial charge is 0.262 e. The van der Waals surface area contributed by atoms with Gasteiger partial charge in [0.2, 0.25) is 0 Å². The van der Waals surface area contributed by atoms with Crippen LogP contribution in [0.3, 0.4) is 0 Å². The number of amides is 1. The quantitative estimate of drug-likeness (QED) is 0.822. The van der Waals surface area contributed by atoms with Gasteiger partial charge in [-0.15, -0.1) is 0 Å². The molecule has 0 fully saturated rings. The van der Waals surface area contributed by atoms with Crippen LogP contribution in [0.25, 0.3) is 0 Å². The minimum atomic E-state index is -0.589. The number of carbonyl (C=O) groups excluding carboxylic acids is 1. The van der Waals surface area contributed by atoms with E-state index in [0.717, 1.165) is 0 Å². The molecule has 0 aromatic heterocycles. The molecule has 16 heavy (non-hydrogen) atoms. The lowest BCUT2D eigenvalue weighted by Gasteiger charge is -2.19. The van der Waals surface area contributed by atoms with Crippen molar-refractivity contribution in [3.05, 3.63) is 23.2 Å². The number of nitrogen functional groups attached to an aromatic ring is 1. The fourth-order valence-electron chi connectivity index (χ4n) is 1.21. The largest absolute Gasteiger partial charge is 0.479 e. The van der Waals surface area contributed by atoms with Crippen molar-refractivity contribution in [2.75, 3.05) is 19.8 Å². The summed E-state index contributed by atoms with van der Waals surface area (Å²) >= 11 is 5.92. The zero-order valence-corrected chi connectivity index (χ0v) is 10.3. The first-order valence-corrected chi connectivity index (χ1v) is 5.22. The molecular formula is C11H15ClN2O2. The third kappa shape index (κ3) is 3.03. The van der Waals surface area contributed by atoms with Crippen LogP contribution < -0.4 is 10.5 Å². The van der Waals surface area contributed by atoms with E-state index in [0.29, 0.717) is 16.5 Å². The predicted octanol–water partition coefficient (Wildman–Crippen LogP) is 1.78. The van der Waals surface area contributed by atoms with E-state index in [2.05, 4.69) is 0 Å². The maximum absolute atomic E-state index is 11.6. The molecule has 0 aliphatic carbocycles. The van der Waals surface area contributed by atoms with Gasteiger partial charge in [-0.2, -0.15) is 0 Å². The second kappa shape index (κ2) is 5.07. The molecule has 2 N–H and O–H groups in total. The number of nitrogens with two attached hydrogens (primary N) is 1. The summed E-state index contributed by atoms with van der Waals surface area (Å²) in [4.78, 5) is 13.0. The van der Waals surface area contributed by atoms with E-state index in [1.165, 1.54) is 4.90 Å². The van der Waals surface area contributed by atoms with Crippen LogP contribution >= 0.6 is 11.6 Å². The summed E-state index contributed by atoms with van der Waals surface area (Å²) in [7, 11) is 3.34. The van der Waals surface area contributed by atoms with Crippen LogP contribution in [0.1, 0.15) is 6.92 Å². The number of halogens is 1. The van der Waals surface area contributed by atoms with Crippen molar-refractivity contribution in [3.63, 3.8) is 0 Å². The van der Waals surface area contributed by atoms with E-state index in [1.54, 1.807) is 39.2 Å². The Labute approximate surface area is 99.9 Å². The van der Waals surface area contributed by atoms with Gasteiger partial charge < -0.3 is 15.4 Å². The van der Waals surface area contributed by atoms with Gasteiger partial charge in [0.15, 0.2) is 6.10 Å². The standard InChI is InChI=1S/C11H15ClN2O2/c1-7(11(15)14(2)3)16-10-6-8(13)4-5-9(10)12/h4-7H,13H2,1-3H3. The summed E-state index contributed by atoms with van der Waals surface area (Å²) in [5.74, 6) is 0.294. The van der Waals surface area contributed by atoms with Gasteiger partial charge in [0.25, 0.3) is 5.91 Å². The highest BCUT2D eigenvalue weighted by Crippen LogP contribution is 2.27. The second-order valence-electron chi connectivity index (χ2n) is 3.68. The van der Waals surface area contributed by atoms with Gasteiger partial charge in [-0.25, -0.2) is 0 Å². The highest BCUT2D eigenvalue weighted by molar-refractivity contribution is 6.32. The minimum Gasteiger partial charge on any atom is -0.479 e. The molecule has 0 heterocycles. The highest BCUT2D eigenvalue weighted by atomic mass is 35.5. The Balaban J connectivity index is 2.80. The first kappa shape index (κ1) is 12.6. The second-order valence-corrected chi connectivity index (χ2v) is 4.09. The fraction of sp³-hybridized carbons (Fsp3) is 0.364. The number of nitrogens with zero attached hydrogens (tertiary/aromatic N) is 1. The molecule has 1 aromatic rings. The molecule has 0 radical (unpaired) electrons. The van der Waals surface area contributed by atoms with Gasteiger partial charge in [-0.05, 0) is 19.1 Å². The molecule has 1 aromatic carbocycles. The van der Waals surface area contributed by atoms with E-state index in [-0.39, 0.29) is 5.91 Å². The van der Waals surface area contributed by atoms with Crippen LogP contribution in [0.2, 0.25) is 5.02 Å². The fourth-order valence-corrected chi connectivity index (χ4v) is 1.38. The summed E-state index contributed by atoms with van der Waals surface area (Å²) in [6, 6.07) is 4.91. The number of rotatable bonds is 3. The molecule has 1 amide bonds. The zero-order valence-electron chi connectivity index (χ0n) is 9.53. The molecule has 1 rings (SSSR count). The first-order valence-electron chi connectivity index (χ1n) is 4.84. The van der Waals surface area contributed by atoms with Crippen molar-refractivity contribution < 1.29 is 9.53 Å². The summed E-state index contributed by atoms with van der Waals surface area (Å²) in [6.07, 6.45) is -0.589. The van der Waals surface area contributed by atoms with Gasteiger partial charge in [-0.1, -0.05) is 11.6 Å². The van der Waals surface area contributed by atoms with Crippen molar-refractivity contribution in [1.82, 2.24) is 4.90 Å². The van der Waals surface area contributed by atoms with Gasteiger partial charge in [-0.3, -0.25) is 4.79 Å². The van der Waals surface area contributed by atoms with Gasteiger partial charge in [0.1, 0.15) is 5.75 Å². The Bertz CT molecular complexity index is 394. The van der Waals surface area contributed by atoms with Crippen LogP contribution in [0, 0.1) is 0 Å². The van der Waals surface area contributed by atoms with Crippen LogP contribution in [-0.2, 0) is 4.79 Å². The third-order valence-electron chi connectivity index (χ3n) is 2.05. The van der Waals surface area contributed by atoms with Crippen LogP contribution in [0.5, 0.6) is 5.75 Å². The van der Waals surface area contributed by atoms with Crippen molar-refractivity contribution in [3.8, 4) is 5.75 Å². The zero-order chi connectivity index (χ0) is 12.3. The number of hydrogen-bond donors (Lipinski definition) is 1. The predicted molar refractivity (Wildman–Crippen MR) is 64.6 cm³/mol. The molecule has 0 saturated carbocycles. The van der Waals surface area contributed by atoms with Crippen LogP contribution in [-0.4, -0.2) is 31.0 Å². The van der Waals surface area contributed by atoms with Crippen LogP contribution in [0.4, 0.5) is 5.69 Å². The van der Waals surface area contributed by atoms with Crippen LogP contribution in [0.15, 0.2) is 18.2 Å². The normalized spacial score (nSPS) is 12.0. The average Bonchev–Trinajstić information content (AvgIpc) is 2.22. The third-order valence-corrected chi connectivity index (χ3v) is 2.36. The molecule has 0 bridgehead atoms. The minimum absolute atomic E-state index is 0.126. The Morgan fingerprint density at radius 3 is 2.69 bits per heavy atom. The Morgan fingerprint density at radius 2 is 2.12 bits per heavy atom. The van der Waals surface area contributed by atoms with E-state index in [1.807, 2.05) is 0 Å². The topological polar surface area (TPSA) is 55.6 Å². The molecule has 5 heteroatoms. The number of benzene rings is 1. The van der Waals surface area contributed by atoms with Gasteiger partial charge in [0, 0.05) is 25.8 Å². The van der Waals surface area contributed by atoms with Gasteiger partial charge in [0.05, 0.1) is 5.02 Å². The Morgan fingerprint density at radius 1 is 1.50 bits per heavy atom. The molecule has 0 saturated heterocycles. The molecule has 0 aliphatic rings. The molecular weight excluding hydrogens is 228 g/mol. The van der Waals surface area contributed by atoms with Crippen molar-refractivity contribution in [2.24, 2.45) is 0 Å². The SMILES string of the molecule is CC(Oc1cc(N)ccc1Cl)C(=O)N(C)C. The number of hydrogen-bond acceptors (Lipinski definition) is 3. The highest BCUT2D eigenvalue weighted by Gasteiger charge is 2.17. The number of likely N-dealkylation sites (N-methyl/N-ethyl adjacent to an activating group) is 1. The molecule has 4 nitrogen and oxygen atoms in total. The Hall–Kier alpha value is -1.42. The number of anilines is 1. The van der Waals surface area contributed by atoms with Crippen molar-refractivity contribution in [2.45, 2.75) is 13.0 Å². The average molecular weight is 243 g/mol. The van der Waals surface area contributed by atoms with E-state index in [4.69, 9.17) is 22.1 Å². The summed E-state index contributed by atoms with van der Waals surface area (Å²) in [5, 5.41) is 0.438. The summed E-state index contributed by atoms with van der Waals surface area (Å²) in [5.41, 5.74) is 6.15. The van der Waals surface area contributed by atoms with E-state index in [9.17, 15) is 4.79 Å². The van der Waals surface area contributed by atoms with E-state index < -0.39 is 6.10 Å². The van der Waals surface area contributed by atoms with Crippen molar-refractivity contribution in [1.29, 1.82) is 0 Å². The molecule has 1 unspecified atom stereocenters. The molecule has 0 aliphatic heterocycles. The molecule has 88 valence electrons. The lowest BCUT2D eigenvalue weighted by atomic mass is 10.3. The number of carbonyl (C=O) groups is 1. The molecule has 0 spiro atoms. The van der Waals surface area contributed by atoms with Gasteiger partial charge >= 0.3 is 0 Å². The van der Waals surface area contributed by atoms with E-state index >= 15 is 0 Å². The first-order chi connectivity index (χ1) is 7.41. The lowest BCUT2D eigenvalue weighted by Crippen LogP contribution is -2.35. The monoisotopic (exact) mass is 242 g/mol.